The summed E-state index contributed by atoms with van der Waals surface area (Å²) in [4.78, 5) is 32.8. The molecule has 0 aromatic heterocycles. The van der Waals surface area contributed by atoms with E-state index in [0.717, 1.165) is 32.4 Å². The summed E-state index contributed by atoms with van der Waals surface area (Å²) in [7, 11) is 0. The third kappa shape index (κ3) is 6.36. The number of carbonyl (C=O) groups is 2. The lowest BCUT2D eigenvalue weighted by Crippen LogP contribution is -2.58. The van der Waals surface area contributed by atoms with Crippen molar-refractivity contribution in [2.24, 2.45) is 5.92 Å². The number of nitrogens with zero attached hydrogens (tertiary/aromatic N) is 3. The summed E-state index contributed by atoms with van der Waals surface area (Å²) in [5.41, 5.74) is 0.517. The van der Waals surface area contributed by atoms with Gasteiger partial charge in [-0.05, 0) is 75.8 Å². The summed E-state index contributed by atoms with van der Waals surface area (Å²) in [6.45, 7) is 7.88. The van der Waals surface area contributed by atoms with E-state index in [9.17, 15) is 14.0 Å². The van der Waals surface area contributed by atoms with Crippen molar-refractivity contribution in [2.45, 2.75) is 70.4 Å². The van der Waals surface area contributed by atoms with Gasteiger partial charge in [0.15, 0.2) is 0 Å². The molecule has 1 aromatic carbocycles. The Hall–Kier alpha value is -1.99. The molecule has 3 fully saturated rings. The quantitative estimate of drug-likeness (QED) is 0.588. The van der Waals surface area contributed by atoms with Crippen LogP contribution < -0.4 is 5.32 Å². The Morgan fingerprint density at radius 1 is 0.971 bits per heavy atom. The van der Waals surface area contributed by atoms with Gasteiger partial charge in [0, 0.05) is 50.9 Å². The van der Waals surface area contributed by atoms with Crippen LogP contribution in [0.25, 0.3) is 0 Å². The second-order valence-corrected chi connectivity index (χ2v) is 10.3. The largest absolute Gasteiger partial charge is 0.355 e. The molecule has 188 valence electrons. The number of likely N-dealkylation sites (tertiary alicyclic amines) is 1. The Morgan fingerprint density at radius 2 is 1.65 bits per heavy atom. The maximum Gasteiger partial charge on any atom is 0.253 e. The van der Waals surface area contributed by atoms with Crippen LogP contribution in [0.1, 0.15) is 68.6 Å². The molecule has 2 aliphatic heterocycles. The predicted octanol–water partition coefficient (Wildman–Crippen LogP) is 3.52. The number of hydrogen-bond acceptors (Lipinski definition) is 4. The first-order valence-electron chi connectivity index (χ1n) is 13.3. The molecule has 1 saturated carbocycles. The van der Waals surface area contributed by atoms with Gasteiger partial charge in [-0.1, -0.05) is 19.3 Å². The summed E-state index contributed by atoms with van der Waals surface area (Å²) in [6.07, 6.45) is 9.51. The van der Waals surface area contributed by atoms with Crippen LogP contribution in [0.15, 0.2) is 24.3 Å². The van der Waals surface area contributed by atoms with Gasteiger partial charge in [-0.15, -0.1) is 0 Å². The van der Waals surface area contributed by atoms with E-state index < -0.39 is 0 Å². The van der Waals surface area contributed by atoms with Gasteiger partial charge in [0.25, 0.3) is 5.91 Å². The number of piperidine rings is 1. The number of rotatable bonds is 8. The van der Waals surface area contributed by atoms with Gasteiger partial charge >= 0.3 is 0 Å². The van der Waals surface area contributed by atoms with Crippen molar-refractivity contribution >= 4 is 11.8 Å². The zero-order valence-electron chi connectivity index (χ0n) is 20.7. The molecule has 0 spiro atoms. The predicted molar refractivity (Wildman–Crippen MR) is 132 cm³/mol. The fourth-order valence-electron chi connectivity index (χ4n) is 6.02. The molecule has 34 heavy (non-hydrogen) atoms. The Bertz CT molecular complexity index is 803. The van der Waals surface area contributed by atoms with Crippen molar-refractivity contribution in [1.82, 2.24) is 20.0 Å². The van der Waals surface area contributed by atoms with E-state index in [1.807, 2.05) is 4.90 Å². The first-order chi connectivity index (χ1) is 16.5. The molecule has 0 radical (unpaired) electrons. The Morgan fingerprint density at radius 3 is 2.32 bits per heavy atom. The molecule has 6 nitrogen and oxygen atoms in total. The zero-order valence-corrected chi connectivity index (χ0v) is 20.7. The number of nitrogens with one attached hydrogen (secondary N) is 1. The first-order valence-corrected chi connectivity index (χ1v) is 13.3. The lowest BCUT2D eigenvalue weighted by molar-refractivity contribution is -0.129. The van der Waals surface area contributed by atoms with Crippen LogP contribution in [0, 0.1) is 11.7 Å². The number of hydrogen-bond donors (Lipinski definition) is 1. The summed E-state index contributed by atoms with van der Waals surface area (Å²) in [5.74, 6) is 0.170. The maximum atomic E-state index is 13.3. The number of amides is 2. The second kappa shape index (κ2) is 12.1. The topological polar surface area (TPSA) is 55.9 Å². The van der Waals surface area contributed by atoms with Crippen molar-refractivity contribution in [2.75, 3.05) is 45.8 Å². The molecule has 2 atom stereocenters. The average molecular weight is 473 g/mol. The van der Waals surface area contributed by atoms with Crippen LogP contribution in [0.5, 0.6) is 0 Å². The third-order valence-electron chi connectivity index (χ3n) is 8.06. The number of benzene rings is 1. The average Bonchev–Trinajstić information content (AvgIpc) is 3.38. The van der Waals surface area contributed by atoms with Crippen LogP contribution in [-0.2, 0) is 4.79 Å². The zero-order chi connectivity index (χ0) is 23.9. The van der Waals surface area contributed by atoms with E-state index >= 15 is 0 Å². The molecular formula is C27H41FN4O2. The molecular weight excluding hydrogens is 431 g/mol. The minimum Gasteiger partial charge on any atom is -0.355 e. The summed E-state index contributed by atoms with van der Waals surface area (Å²) in [6, 6.07) is 6.31. The van der Waals surface area contributed by atoms with Gasteiger partial charge < -0.3 is 15.1 Å². The van der Waals surface area contributed by atoms with Gasteiger partial charge in [0.1, 0.15) is 5.82 Å². The van der Waals surface area contributed by atoms with E-state index in [2.05, 4.69) is 22.0 Å². The number of halogens is 1. The molecule has 2 saturated heterocycles. The molecule has 3 aliphatic rings. The molecule has 7 heteroatoms. The third-order valence-corrected chi connectivity index (χ3v) is 8.06. The highest BCUT2D eigenvalue weighted by molar-refractivity contribution is 5.94. The molecule has 1 aliphatic carbocycles. The van der Waals surface area contributed by atoms with E-state index in [1.165, 1.54) is 50.8 Å². The minimum atomic E-state index is -0.336. The van der Waals surface area contributed by atoms with Gasteiger partial charge in [-0.2, -0.15) is 0 Å². The number of carbonyl (C=O) groups excluding carboxylic acids is 2. The van der Waals surface area contributed by atoms with Crippen LogP contribution in [0.4, 0.5) is 4.39 Å². The minimum absolute atomic E-state index is 0.0616. The summed E-state index contributed by atoms with van der Waals surface area (Å²) < 4.78 is 13.2. The maximum absolute atomic E-state index is 13.3. The summed E-state index contributed by atoms with van der Waals surface area (Å²) in [5, 5.41) is 3.25. The van der Waals surface area contributed by atoms with E-state index in [0.29, 0.717) is 43.7 Å². The molecule has 1 aromatic rings. The highest BCUT2D eigenvalue weighted by Gasteiger charge is 2.37. The molecule has 2 heterocycles. The molecule has 0 bridgehead atoms. The van der Waals surface area contributed by atoms with Gasteiger partial charge in [0.2, 0.25) is 5.91 Å². The van der Waals surface area contributed by atoms with Crippen LogP contribution >= 0.6 is 0 Å². The van der Waals surface area contributed by atoms with E-state index in [-0.39, 0.29) is 23.7 Å². The van der Waals surface area contributed by atoms with Crippen LogP contribution in [0.3, 0.4) is 0 Å². The fourth-order valence-corrected chi connectivity index (χ4v) is 6.02. The fraction of sp³-hybridized carbons (Fsp3) is 0.704. The Balaban J connectivity index is 1.28. The molecule has 1 N–H and O–H groups in total. The SMILES string of the molecule is C[C@H]1CCCCN1CCCNC(=O)[C@H](C1CCCC1)N1CCN(C(=O)c2ccc(F)cc2)CC1. The monoisotopic (exact) mass is 472 g/mol. The standard InChI is InChI=1S/C27H41FN4O2/c1-21-7-4-5-15-30(21)16-6-14-29-26(33)25(22-8-2-3-9-22)31-17-19-32(20-18-31)27(34)23-10-12-24(28)13-11-23/h10-13,21-22,25H,2-9,14-20H2,1H3,(H,29,33)/t21-,25-/m0/s1. The van der Waals surface area contributed by atoms with Crippen molar-refractivity contribution in [3.63, 3.8) is 0 Å². The normalized spacial score (nSPS) is 23.7. The van der Waals surface area contributed by atoms with Crippen molar-refractivity contribution < 1.29 is 14.0 Å². The van der Waals surface area contributed by atoms with Crippen LogP contribution in [0.2, 0.25) is 0 Å². The Kier molecular flexibility index (Phi) is 8.95. The van der Waals surface area contributed by atoms with Crippen molar-refractivity contribution in [3.05, 3.63) is 35.6 Å². The smallest absolute Gasteiger partial charge is 0.253 e. The van der Waals surface area contributed by atoms with E-state index in [4.69, 9.17) is 0 Å². The lowest BCUT2D eigenvalue weighted by atomic mass is 9.95. The Labute approximate surface area is 203 Å². The van der Waals surface area contributed by atoms with Gasteiger partial charge in [-0.25, -0.2) is 4.39 Å². The van der Waals surface area contributed by atoms with E-state index in [1.54, 1.807) is 12.1 Å². The summed E-state index contributed by atoms with van der Waals surface area (Å²) >= 11 is 0. The van der Waals surface area contributed by atoms with Crippen molar-refractivity contribution in [3.8, 4) is 0 Å². The highest BCUT2D eigenvalue weighted by atomic mass is 19.1. The first kappa shape index (κ1) is 25.1. The molecule has 2 amide bonds. The van der Waals surface area contributed by atoms with Gasteiger partial charge in [-0.3, -0.25) is 14.5 Å². The second-order valence-electron chi connectivity index (χ2n) is 10.3. The highest BCUT2D eigenvalue weighted by Crippen LogP contribution is 2.31. The van der Waals surface area contributed by atoms with Gasteiger partial charge in [0.05, 0.1) is 6.04 Å². The van der Waals surface area contributed by atoms with Crippen molar-refractivity contribution in [1.29, 1.82) is 0 Å². The van der Waals surface area contributed by atoms with Crippen LogP contribution in [-0.4, -0.2) is 84.4 Å². The number of piperazine rings is 1. The lowest BCUT2D eigenvalue weighted by Gasteiger charge is -2.41. The molecule has 4 rings (SSSR count). The molecule has 0 unspecified atom stereocenters.